The summed E-state index contributed by atoms with van der Waals surface area (Å²) < 4.78 is 1.89. The lowest BCUT2D eigenvalue weighted by Crippen LogP contribution is -2.16. The molecule has 29 heavy (non-hydrogen) atoms. The summed E-state index contributed by atoms with van der Waals surface area (Å²) in [7, 11) is 4.04. The fraction of sp³-hybridized carbons (Fsp3) is 0.120. The molecule has 0 amide bonds. The van der Waals surface area contributed by atoms with Crippen molar-refractivity contribution >= 4 is 29.0 Å². The topological polar surface area (TPSA) is 38.1 Å². The smallest absolute Gasteiger partial charge is 0.142 e. The molecule has 0 radical (unpaired) electrons. The molecule has 0 aliphatic heterocycles. The van der Waals surface area contributed by atoms with Crippen LogP contribution in [0, 0.1) is 0 Å². The Hall–Kier alpha value is -3.66. The number of aldehydes is 1. The van der Waals surface area contributed by atoms with Gasteiger partial charge in [-0.3, -0.25) is 9.48 Å². The number of allylic oxidation sites excluding steroid dienone is 1. The zero-order valence-electron chi connectivity index (χ0n) is 16.6. The van der Waals surface area contributed by atoms with Gasteiger partial charge in [-0.1, -0.05) is 48.5 Å². The molecule has 4 heteroatoms. The van der Waals surface area contributed by atoms with Gasteiger partial charge in [0, 0.05) is 31.7 Å². The van der Waals surface area contributed by atoms with E-state index >= 15 is 0 Å². The Kier molecular flexibility index (Phi) is 5.25. The molecule has 0 atom stereocenters. The van der Waals surface area contributed by atoms with Crippen molar-refractivity contribution in [1.29, 1.82) is 0 Å². The first-order valence-corrected chi connectivity index (χ1v) is 9.58. The molecule has 1 heterocycles. The molecule has 0 aliphatic carbocycles. The third kappa shape index (κ3) is 4.11. The van der Waals surface area contributed by atoms with Gasteiger partial charge in [-0.2, -0.15) is 5.10 Å². The van der Waals surface area contributed by atoms with Crippen LogP contribution in [0.2, 0.25) is 0 Å². The normalized spacial score (nSPS) is 11.2. The van der Waals surface area contributed by atoms with Gasteiger partial charge in [-0.25, -0.2) is 0 Å². The predicted molar refractivity (Wildman–Crippen MR) is 120 cm³/mol. The molecular formula is C25H23N3O. The molecule has 4 aromatic rings. The number of benzene rings is 3. The molecule has 0 N–H and O–H groups in total. The van der Waals surface area contributed by atoms with Crippen LogP contribution in [-0.2, 0) is 18.4 Å². The molecule has 0 fully saturated rings. The van der Waals surface area contributed by atoms with E-state index in [0.717, 1.165) is 35.0 Å². The van der Waals surface area contributed by atoms with Crippen molar-refractivity contribution in [3.8, 4) is 11.1 Å². The molecule has 1 aromatic heterocycles. The molecule has 3 aromatic carbocycles. The zero-order valence-corrected chi connectivity index (χ0v) is 16.6. The van der Waals surface area contributed by atoms with Crippen molar-refractivity contribution in [2.45, 2.75) is 6.54 Å². The molecule has 0 saturated carbocycles. The number of hydrogen-bond acceptors (Lipinski definition) is 3. The number of anilines is 1. The summed E-state index contributed by atoms with van der Waals surface area (Å²) in [6.45, 7) is 0.808. The Morgan fingerprint density at radius 1 is 1.00 bits per heavy atom. The highest BCUT2D eigenvalue weighted by molar-refractivity contribution is 5.84. The van der Waals surface area contributed by atoms with Gasteiger partial charge in [0.2, 0.25) is 0 Å². The second-order valence-corrected chi connectivity index (χ2v) is 7.18. The van der Waals surface area contributed by atoms with Crippen molar-refractivity contribution in [3.05, 3.63) is 90.1 Å². The molecule has 0 unspecified atom stereocenters. The van der Waals surface area contributed by atoms with Crippen molar-refractivity contribution in [2.24, 2.45) is 7.05 Å². The number of aryl methyl sites for hydroxylation is 1. The van der Waals surface area contributed by atoms with Gasteiger partial charge < -0.3 is 4.90 Å². The maximum absolute atomic E-state index is 10.5. The number of aromatic nitrogens is 2. The first-order valence-electron chi connectivity index (χ1n) is 9.58. The molecule has 0 aliphatic rings. The van der Waals surface area contributed by atoms with Crippen LogP contribution in [0.3, 0.4) is 0 Å². The Morgan fingerprint density at radius 2 is 1.79 bits per heavy atom. The number of fused-ring (bicyclic) bond motifs is 1. The Morgan fingerprint density at radius 3 is 2.59 bits per heavy atom. The van der Waals surface area contributed by atoms with Gasteiger partial charge in [-0.05, 0) is 52.6 Å². The van der Waals surface area contributed by atoms with Gasteiger partial charge in [0.15, 0.2) is 0 Å². The summed E-state index contributed by atoms with van der Waals surface area (Å²) >= 11 is 0. The molecule has 0 spiro atoms. The van der Waals surface area contributed by atoms with E-state index in [4.69, 9.17) is 0 Å². The van der Waals surface area contributed by atoms with E-state index in [2.05, 4.69) is 71.6 Å². The number of carbonyl (C=O) groups is 1. The molecule has 144 valence electrons. The zero-order chi connectivity index (χ0) is 20.2. The van der Waals surface area contributed by atoms with E-state index < -0.39 is 0 Å². The minimum atomic E-state index is 0.796. The van der Waals surface area contributed by atoms with E-state index in [0.29, 0.717) is 0 Å². The van der Waals surface area contributed by atoms with E-state index in [9.17, 15) is 4.79 Å². The molecule has 4 nitrogen and oxygen atoms in total. The van der Waals surface area contributed by atoms with Crippen LogP contribution in [0.15, 0.2) is 79.0 Å². The fourth-order valence-electron chi connectivity index (χ4n) is 3.53. The van der Waals surface area contributed by atoms with Crippen LogP contribution in [0.25, 0.3) is 28.1 Å². The van der Waals surface area contributed by atoms with Crippen molar-refractivity contribution in [2.75, 3.05) is 11.9 Å². The number of rotatable bonds is 6. The van der Waals surface area contributed by atoms with Crippen LogP contribution in [0.4, 0.5) is 5.69 Å². The summed E-state index contributed by atoms with van der Waals surface area (Å²) in [5.41, 5.74) is 6.90. The lowest BCUT2D eigenvalue weighted by atomic mass is 10.0. The first-order chi connectivity index (χ1) is 14.1. The van der Waals surface area contributed by atoms with E-state index in [1.807, 2.05) is 36.1 Å². The average molecular weight is 381 g/mol. The monoisotopic (exact) mass is 381 g/mol. The number of carbonyl (C=O) groups excluding carboxylic acids is 1. The highest BCUT2D eigenvalue weighted by Crippen LogP contribution is 2.25. The second-order valence-electron chi connectivity index (χ2n) is 7.18. The summed E-state index contributed by atoms with van der Waals surface area (Å²) in [4.78, 5) is 12.7. The van der Waals surface area contributed by atoms with Crippen molar-refractivity contribution in [1.82, 2.24) is 9.78 Å². The van der Waals surface area contributed by atoms with Crippen molar-refractivity contribution in [3.63, 3.8) is 0 Å². The molecule has 0 bridgehead atoms. The highest BCUT2D eigenvalue weighted by atomic mass is 16.1. The number of nitrogens with zero attached hydrogens (tertiary/aromatic N) is 3. The Labute approximate surface area is 170 Å². The minimum absolute atomic E-state index is 0.796. The minimum Gasteiger partial charge on any atom is -0.370 e. The van der Waals surface area contributed by atoms with Crippen LogP contribution in [0.1, 0.15) is 11.1 Å². The Balaban J connectivity index is 1.50. The molecule has 0 saturated heterocycles. The summed E-state index contributed by atoms with van der Waals surface area (Å²) in [5, 5.41) is 5.47. The number of hydrogen-bond donors (Lipinski definition) is 0. The Bertz CT molecular complexity index is 1170. The molecular weight excluding hydrogens is 358 g/mol. The second kappa shape index (κ2) is 8.15. The predicted octanol–water partition coefficient (Wildman–Crippen LogP) is 5.09. The quantitative estimate of drug-likeness (QED) is 0.345. The fourth-order valence-corrected chi connectivity index (χ4v) is 3.53. The van der Waals surface area contributed by atoms with Crippen molar-refractivity contribution < 1.29 is 4.79 Å². The van der Waals surface area contributed by atoms with E-state index in [1.54, 1.807) is 0 Å². The van der Waals surface area contributed by atoms with Crippen LogP contribution in [0.5, 0.6) is 0 Å². The van der Waals surface area contributed by atoms with Gasteiger partial charge >= 0.3 is 0 Å². The lowest BCUT2D eigenvalue weighted by Gasteiger charge is -2.20. The third-order valence-electron chi connectivity index (χ3n) is 5.13. The molecule has 4 rings (SSSR count). The van der Waals surface area contributed by atoms with E-state index in [-0.39, 0.29) is 0 Å². The van der Waals surface area contributed by atoms with Crippen LogP contribution in [-0.4, -0.2) is 23.1 Å². The largest absolute Gasteiger partial charge is 0.370 e. The van der Waals surface area contributed by atoms with Crippen LogP contribution >= 0.6 is 0 Å². The maximum atomic E-state index is 10.5. The van der Waals surface area contributed by atoms with Crippen LogP contribution < -0.4 is 4.90 Å². The summed E-state index contributed by atoms with van der Waals surface area (Å²) in [6.07, 6.45) is 6.03. The standard InChI is InChI=1S/C25H23N3O/c1-27(24-7-3-5-19(15-24)6-4-14-29)18-20-8-10-21(11-9-20)22-12-13-25-23(16-22)17-26-28(25)2/h3-17H,18H2,1-2H3/b6-4+. The van der Waals surface area contributed by atoms with Gasteiger partial charge in [0.05, 0.1) is 11.7 Å². The van der Waals surface area contributed by atoms with Gasteiger partial charge in [-0.15, -0.1) is 0 Å². The third-order valence-corrected chi connectivity index (χ3v) is 5.13. The van der Waals surface area contributed by atoms with Gasteiger partial charge in [0.1, 0.15) is 6.29 Å². The summed E-state index contributed by atoms with van der Waals surface area (Å²) in [6, 6.07) is 23.3. The maximum Gasteiger partial charge on any atom is 0.142 e. The summed E-state index contributed by atoms with van der Waals surface area (Å²) in [5.74, 6) is 0. The lowest BCUT2D eigenvalue weighted by molar-refractivity contribution is -0.104. The van der Waals surface area contributed by atoms with E-state index in [1.165, 1.54) is 22.8 Å². The first kappa shape index (κ1) is 18.7. The average Bonchev–Trinajstić information content (AvgIpc) is 3.13. The SMILES string of the molecule is CN(Cc1ccc(-c2ccc3c(cnn3C)c2)cc1)c1cccc(/C=C/C=O)c1. The highest BCUT2D eigenvalue weighted by Gasteiger charge is 2.06. The van der Waals surface area contributed by atoms with Gasteiger partial charge in [0.25, 0.3) is 0 Å².